The lowest BCUT2D eigenvalue weighted by Crippen LogP contribution is -2.18. The first-order valence-electron chi connectivity index (χ1n) is 6.04. The van der Waals surface area contributed by atoms with Gasteiger partial charge in [0.1, 0.15) is 16.9 Å². The van der Waals surface area contributed by atoms with Gasteiger partial charge in [-0.1, -0.05) is 11.6 Å². The van der Waals surface area contributed by atoms with Gasteiger partial charge in [-0.2, -0.15) is 5.26 Å². The SMILES string of the molecule is N#Cc1ccnc(NCC2(C3CC3)CC2)c1Cl. The summed E-state index contributed by atoms with van der Waals surface area (Å²) >= 11 is 6.11. The maximum absolute atomic E-state index is 8.89. The fraction of sp³-hybridized carbons (Fsp3) is 0.538. The Morgan fingerprint density at radius 1 is 1.53 bits per heavy atom. The van der Waals surface area contributed by atoms with E-state index in [4.69, 9.17) is 16.9 Å². The highest BCUT2D eigenvalue weighted by atomic mass is 35.5. The molecular weight excluding hydrogens is 234 g/mol. The number of nitriles is 1. The minimum Gasteiger partial charge on any atom is -0.368 e. The molecule has 0 aromatic carbocycles. The molecule has 0 radical (unpaired) electrons. The molecule has 3 rings (SSSR count). The minimum absolute atomic E-state index is 0.446. The average Bonchev–Trinajstić information content (AvgIpc) is 3.19. The lowest BCUT2D eigenvalue weighted by Gasteiger charge is -2.16. The monoisotopic (exact) mass is 247 g/mol. The predicted molar refractivity (Wildman–Crippen MR) is 66.8 cm³/mol. The van der Waals surface area contributed by atoms with E-state index in [2.05, 4.69) is 16.4 Å². The molecule has 2 fully saturated rings. The number of rotatable bonds is 4. The van der Waals surface area contributed by atoms with Crippen LogP contribution in [-0.4, -0.2) is 11.5 Å². The van der Waals surface area contributed by atoms with Crippen molar-refractivity contribution < 1.29 is 0 Å². The summed E-state index contributed by atoms with van der Waals surface area (Å²) in [5.41, 5.74) is 0.994. The molecule has 0 spiro atoms. The third kappa shape index (κ3) is 1.98. The molecule has 2 aliphatic carbocycles. The van der Waals surface area contributed by atoms with Gasteiger partial charge >= 0.3 is 0 Å². The third-order valence-corrected chi connectivity index (χ3v) is 4.34. The van der Waals surface area contributed by atoms with Crippen molar-refractivity contribution in [1.82, 2.24) is 4.98 Å². The summed E-state index contributed by atoms with van der Waals surface area (Å²) in [7, 11) is 0. The van der Waals surface area contributed by atoms with E-state index < -0.39 is 0 Å². The van der Waals surface area contributed by atoms with Crippen molar-refractivity contribution in [2.24, 2.45) is 11.3 Å². The first-order chi connectivity index (χ1) is 8.25. The van der Waals surface area contributed by atoms with Gasteiger partial charge in [-0.3, -0.25) is 0 Å². The van der Waals surface area contributed by atoms with E-state index in [-0.39, 0.29) is 0 Å². The summed E-state index contributed by atoms with van der Waals surface area (Å²) < 4.78 is 0. The molecule has 0 bridgehead atoms. The molecule has 3 nitrogen and oxygen atoms in total. The van der Waals surface area contributed by atoms with E-state index >= 15 is 0 Å². The molecular formula is C13H14ClN3. The quantitative estimate of drug-likeness (QED) is 0.889. The summed E-state index contributed by atoms with van der Waals surface area (Å²) in [5.74, 6) is 1.56. The van der Waals surface area contributed by atoms with Gasteiger partial charge in [0, 0.05) is 12.7 Å². The molecule has 0 aliphatic heterocycles. The first-order valence-corrected chi connectivity index (χ1v) is 6.41. The van der Waals surface area contributed by atoms with Gasteiger partial charge in [0.15, 0.2) is 0 Å². The Morgan fingerprint density at radius 3 is 2.88 bits per heavy atom. The van der Waals surface area contributed by atoms with Crippen LogP contribution in [0.5, 0.6) is 0 Å². The molecule has 2 saturated carbocycles. The van der Waals surface area contributed by atoms with Crippen LogP contribution in [0.2, 0.25) is 5.02 Å². The van der Waals surface area contributed by atoms with E-state index in [1.165, 1.54) is 25.7 Å². The van der Waals surface area contributed by atoms with E-state index in [1.54, 1.807) is 12.3 Å². The lowest BCUT2D eigenvalue weighted by molar-refractivity contribution is 0.466. The topological polar surface area (TPSA) is 48.7 Å². The molecule has 1 aromatic heterocycles. The van der Waals surface area contributed by atoms with Crippen LogP contribution in [0.3, 0.4) is 0 Å². The Balaban J connectivity index is 1.71. The van der Waals surface area contributed by atoms with E-state index in [0.29, 0.717) is 21.8 Å². The second-order valence-corrected chi connectivity index (χ2v) is 5.50. The summed E-state index contributed by atoms with van der Waals surface area (Å²) in [6.45, 7) is 0.944. The van der Waals surface area contributed by atoms with Gasteiger partial charge in [-0.15, -0.1) is 0 Å². The fourth-order valence-electron chi connectivity index (χ4n) is 2.50. The van der Waals surface area contributed by atoms with Crippen LogP contribution in [0.15, 0.2) is 12.3 Å². The zero-order valence-electron chi connectivity index (χ0n) is 9.54. The van der Waals surface area contributed by atoms with E-state index in [1.807, 2.05) is 0 Å². The number of aromatic nitrogens is 1. The molecule has 0 atom stereocenters. The van der Waals surface area contributed by atoms with Gasteiger partial charge < -0.3 is 5.32 Å². The predicted octanol–water partition coefficient (Wildman–Crippen LogP) is 3.21. The molecule has 17 heavy (non-hydrogen) atoms. The van der Waals surface area contributed by atoms with Crippen LogP contribution in [0.4, 0.5) is 5.82 Å². The van der Waals surface area contributed by atoms with Gasteiger partial charge in [-0.05, 0) is 43.1 Å². The highest BCUT2D eigenvalue weighted by Crippen LogP contribution is 2.61. The number of pyridine rings is 1. The number of halogens is 1. The first kappa shape index (κ1) is 10.9. The van der Waals surface area contributed by atoms with Crippen LogP contribution in [0.25, 0.3) is 0 Å². The van der Waals surface area contributed by atoms with Crippen molar-refractivity contribution >= 4 is 17.4 Å². The van der Waals surface area contributed by atoms with E-state index in [0.717, 1.165) is 12.5 Å². The zero-order valence-corrected chi connectivity index (χ0v) is 10.3. The molecule has 1 heterocycles. The van der Waals surface area contributed by atoms with Crippen LogP contribution in [0, 0.1) is 22.7 Å². The van der Waals surface area contributed by atoms with Gasteiger partial charge in [0.05, 0.1) is 5.56 Å². The summed E-state index contributed by atoms with van der Waals surface area (Å²) in [4.78, 5) is 4.20. The van der Waals surface area contributed by atoms with E-state index in [9.17, 15) is 0 Å². The van der Waals surface area contributed by atoms with Crippen molar-refractivity contribution in [3.05, 3.63) is 22.8 Å². The van der Waals surface area contributed by atoms with Crippen LogP contribution >= 0.6 is 11.6 Å². The van der Waals surface area contributed by atoms with Crippen molar-refractivity contribution in [2.45, 2.75) is 25.7 Å². The largest absolute Gasteiger partial charge is 0.368 e. The van der Waals surface area contributed by atoms with Crippen molar-refractivity contribution in [3.63, 3.8) is 0 Å². The third-order valence-electron chi connectivity index (χ3n) is 3.95. The number of hydrogen-bond acceptors (Lipinski definition) is 3. The molecule has 4 heteroatoms. The normalized spacial score (nSPS) is 20.7. The number of hydrogen-bond donors (Lipinski definition) is 1. The summed E-state index contributed by atoms with van der Waals surface area (Å²) in [6.07, 6.45) is 7.02. The number of anilines is 1. The highest BCUT2D eigenvalue weighted by molar-refractivity contribution is 6.34. The second-order valence-electron chi connectivity index (χ2n) is 5.12. The van der Waals surface area contributed by atoms with Crippen molar-refractivity contribution in [2.75, 3.05) is 11.9 Å². The van der Waals surface area contributed by atoms with Gasteiger partial charge in [-0.25, -0.2) is 4.98 Å². The molecule has 1 aromatic rings. The Hall–Kier alpha value is -1.27. The Bertz CT molecular complexity index is 484. The van der Waals surface area contributed by atoms with Crippen molar-refractivity contribution in [3.8, 4) is 6.07 Å². The highest BCUT2D eigenvalue weighted by Gasteiger charge is 2.53. The molecule has 0 unspecified atom stereocenters. The fourth-order valence-corrected chi connectivity index (χ4v) is 2.72. The minimum atomic E-state index is 0.446. The standard InChI is InChI=1S/C13H14ClN3/c14-11-9(7-15)3-6-16-12(11)17-8-13(4-5-13)10-1-2-10/h3,6,10H,1-2,4-5,8H2,(H,16,17). The lowest BCUT2D eigenvalue weighted by atomic mass is 10.0. The maximum atomic E-state index is 8.89. The van der Waals surface area contributed by atoms with Crippen LogP contribution < -0.4 is 5.32 Å². The molecule has 0 saturated heterocycles. The molecule has 1 N–H and O–H groups in total. The van der Waals surface area contributed by atoms with Crippen molar-refractivity contribution in [1.29, 1.82) is 5.26 Å². The zero-order chi connectivity index (χ0) is 11.9. The second kappa shape index (κ2) is 3.89. The van der Waals surface area contributed by atoms with Crippen LogP contribution in [-0.2, 0) is 0 Å². The molecule has 88 valence electrons. The average molecular weight is 248 g/mol. The van der Waals surface area contributed by atoms with Crippen LogP contribution in [0.1, 0.15) is 31.2 Å². The van der Waals surface area contributed by atoms with Gasteiger partial charge in [0.25, 0.3) is 0 Å². The van der Waals surface area contributed by atoms with Gasteiger partial charge in [0.2, 0.25) is 0 Å². The Kier molecular flexibility index (Phi) is 2.48. The summed E-state index contributed by atoms with van der Waals surface area (Å²) in [5, 5.41) is 12.7. The molecule has 0 amide bonds. The summed E-state index contributed by atoms with van der Waals surface area (Å²) in [6, 6.07) is 3.71. The maximum Gasteiger partial charge on any atom is 0.146 e. The molecule has 2 aliphatic rings. The Morgan fingerprint density at radius 2 is 2.29 bits per heavy atom. The smallest absolute Gasteiger partial charge is 0.146 e. The Labute approximate surface area is 106 Å². The number of nitrogens with one attached hydrogen (secondary N) is 1. The number of nitrogens with zero attached hydrogens (tertiary/aromatic N) is 2.